The molecule has 5 nitrogen and oxygen atoms in total. The van der Waals surface area contributed by atoms with Crippen molar-refractivity contribution < 1.29 is 9.59 Å². The Morgan fingerprint density at radius 1 is 0.903 bits per heavy atom. The molecule has 156 valence electrons. The Balaban J connectivity index is 1.27. The first-order valence-corrected chi connectivity index (χ1v) is 11.8. The number of rotatable bonds is 7. The lowest BCUT2D eigenvalue weighted by atomic mass is 10.1. The molecule has 1 heterocycles. The van der Waals surface area contributed by atoms with Crippen molar-refractivity contribution in [2.45, 2.75) is 6.92 Å². The van der Waals surface area contributed by atoms with Crippen LogP contribution in [0.25, 0.3) is 22.0 Å². The highest BCUT2D eigenvalue weighted by Crippen LogP contribution is 2.27. The van der Waals surface area contributed by atoms with E-state index in [2.05, 4.69) is 39.9 Å². The molecular weight excluding hydrogens is 426 g/mol. The van der Waals surface area contributed by atoms with Crippen molar-refractivity contribution in [1.29, 1.82) is 0 Å². The molecule has 0 aliphatic carbocycles. The number of aryl methyl sites for hydroxylation is 1. The Kier molecular flexibility index (Phi) is 6.64. The highest BCUT2D eigenvalue weighted by molar-refractivity contribution is 8.00. The molecular formula is C24H21N3O2S2. The van der Waals surface area contributed by atoms with E-state index < -0.39 is 0 Å². The molecule has 0 radical (unpaired) electrons. The summed E-state index contributed by atoms with van der Waals surface area (Å²) in [4.78, 5) is 28.8. The van der Waals surface area contributed by atoms with Gasteiger partial charge in [-0.25, -0.2) is 4.98 Å². The van der Waals surface area contributed by atoms with Crippen molar-refractivity contribution >= 4 is 56.5 Å². The predicted octanol–water partition coefficient (Wildman–Crippen LogP) is 5.58. The Morgan fingerprint density at radius 3 is 2.48 bits per heavy atom. The molecule has 0 atom stereocenters. The molecule has 2 N–H and O–H groups in total. The molecule has 0 saturated heterocycles. The third kappa shape index (κ3) is 5.71. The third-order valence-electron chi connectivity index (χ3n) is 4.56. The van der Waals surface area contributed by atoms with E-state index in [-0.39, 0.29) is 23.3 Å². The number of carbonyl (C=O) groups is 2. The first-order chi connectivity index (χ1) is 15.1. The molecule has 7 heteroatoms. The van der Waals surface area contributed by atoms with Gasteiger partial charge in [-0.3, -0.25) is 9.59 Å². The molecule has 4 aromatic rings. The summed E-state index contributed by atoms with van der Waals surface area (Å²) in [5.41, 5.74) is 3.68. The molecule has 31 heavy (non-hydrogen) atoms. The molecule has 2 amide bonds. The van der Waals surface area contributed by atoms with Gasteiger partial charge >= 0.3 is 0 Å². The second-order valence-corrected chi connectivity index (χ2v) is 8.90. The minimum atomic E-state index is -0.173. The summed E-state index contributed by atoms with van der Waals surface area (Å²) in [6.45, 7) is 1.97. The number of aromatic nitrogens is 1. The smallest absolute Gasteiger partial charge is 0.236 e. The van der Waals surface area contributed by atoms with Crippen LogP contribution in [0.15, 0.2) is 72.1 Å². The number of hydrogen-bond acceptors (Lipinski definition) is 5. The fraction of sp³-hybridized carbons (Fsp3) is 0.125. The van der Waals surface area contributed by atoms with Crippen LogP contribution < -0.4 is 10.6 Å². The van der Waals surface area contributed by atoms with Crippen LogP contribution in [-0.4, -0.2) is 28.3 Å². The van der Waals surface area contributed by atoms with Gasteiger partial charge in [-0.15, -0.1) is 23.1 Å². The summed E-state index contributed by atoms with van der Waals surface area (Å²) in [6.07, 6.45) is 0. The number of amides is 2. The third-order valence-corrected chi connectivity index (χ3v) is 6.25. The standard InChI is InChI=1S/C24H21N3O2S2/c1-16-5-4-8-20(11-16)25-22(28)14-30-15-23(29)27-24-26-21(13-31-24)19-10-9-17-6-2-3-7-18(17)12-19/h2-13H,14-15H2,1H3,(H,25,28)(H,26,27,29). The van der Waals surface area contributed by atoms with Gasteiger partial charge in [-0.1, -0.05) is 48.5 Å². The topological polar surface area (TPSA) is 71.1 Å². The minimum Gasteiger partial charge on any atom is -0.325 e. The van der Waals surface area contributed by atoms with Crippen molar-refractivity contribution in [3.63, 3.8) is 0 Å². The molecule has 0 aliphatic heterocycles. The predicted molar refractivity (Wildman–Crippen MR) is 131 cm³/mol. The maximum atomic E-state index is 12.2. The van der Waals surface area contributed by atoms with Crippen LogP contribution >= 0.6 is 23.1 Å². The van der Waals surface area contributed by atoms with Gasteiger partial charge in [0.1, 0.15) is 0 Å². The highest BCUT2D eigenvalue weighted by atomic mass is 32.2. The first-order valence-electron chi connectivity index (χ1n) is 9.76. The van der Waals surface area contributed by atoms with Gasteiger partial charge in [0, 0.05) is 16.6 Å². The molecule has 0 aliphatic rings. The number of nitrogens with one attached hydrogen (secondary N) is 2. The summed E-state index contributed by atoms with van der Waals surface area (Å²) in [5.74, 6) is 0.0947. The lowest BCUT2D eigenvalue weighted by Gasteiger charge is -2.06. The van der Waals surface area contributed by atoms with Crippen LogP contribution in [0.2, 0.25) is 0 Å². The number of fused-ring (bicyclic) bond motifs is 1. The van der Waals surface area contributed by atoms with Crippen molar-refractivity contribution in [1.82, 2.24) is 4.98 Å². The van der Waals surface area contributed by atoms with Crippen molar-refractivity contribution in [2.75, 3.05) is 22.1 Å². The van der Waals surface area contributed by atoms with Crippen LogP contribution in [0.1, 0.15) is 5.56 Å². The Morgan fingerprint density at radius 2 is 1.68 bits per heavy atom. The van der Waals surface area contributed by atoms with E-state index in [0.29, 0.717) is 5.13 Å². The Labute approximate surface area is 188 Å². The molecule has 0 saturated carbocycles. The van der Waals surface area contributed by atoms with E-state index in [0.717, 1.165) is 27.9 Å². The van der Waals surface area contributed by atoms with Crippen molar-refractivity contribution in [3.05, 3.63) is 77.7 Å². The van der Waals surface area contributed by atoms with E-state index in [1.165, 1.54) is 28.5 Å². The number of carbonyl (C=O) groups excluding carboxylic acids is 2. The second-order valence-electron chi connectivity index (χ2n) is 7.06. The lowest BCUT2D eigenvalue weighted by molar-refractivity contribution is -0.114. The SMILES string of the molecule is Cc1cccc(NC(=O)CSCC(=O)Nc2nc(-c3ccc4ccccc4c3)cs2)c1. The van der Waals surface area contributed by atoms with Gasteiger partial charge in [-0.2, -0.15) is 0 Å². The van der Waals surface area contributed by atoms with Gasteiger partial charge in [-0.05, 0) is 41.5 Å². The van der Waals surface area contributed by atoms with Crippen molar-refractivity contribution in [2.24, 2.45) is 0 Å². The van der Waals surface area contributed by atoms with Gasteiger partial charge in [0.2, 0.25) is 11.8 Å². The summed E-state index contributed by atoms with van der Waals surface area (Å²) in [5, 5.41) is 10.5. The van der Waals surface area contributed by atoms with Gasteiger partial charge in [0.05, 0.1) is 17.2 Å². The Hall–Kier alpha value is -3.16. The molecule has 3 aromatic carbocycles. The summed E-state index contributed by atoms with van der Waals surface area (Å²) in [6, 6.07) is 22.0. The molecule has 1 aromatic heterocycles. The monoisotopic (exact) mass is 447 g/mol. The minimum absolute atomic E-state index is 0.128. The molecule has 0 fully saturated rings. The second kappa shape index (κ2) is 9.76. The van der Waals surface area contributed by atoms with Gasteiger partial charge in [0.25, 0.3) is 0 Å². The number of hydrogen-bond donors (Lipinski definition) is 2. The lowest BCUT2D eigenvalue weighted by Crippen LogP contribution is -2.18. The maximum Gasteiger partial charge on any atom is 0.236 e. The van der Waals surface area contributed by atoms with Crippen LogP contribution in [0.4, 0.5) is 10.8 Å². The number of anilines is 2. The number of thiazole rings is 1. The van der Waals surface area contributed by atoms with Crippen LogP contribution in [0.5, 0.6) is 0 Å². The van der Waals surface area contributed by atoms with E-state index in [4.69, 9.17) is 0 Å². The van der Waals surface area contributed by atoms with E-state index >= 15 is 0 Å². The molecule has 0 unspecified atom stereocenters. The van der Waals surface area contributed by atoms with Crippen LogP contribution in [0, 0.1) is 6.92 Å². The quantitative estimate of drug-likeness (QED) is 0.388. The molecule has 4 rings (SSSR count). The first kappa shape index (κ1) is 21.1. The maximum absolute atomic E-state index is 12.2. The fourth-order valence-corrected chi connectivity index (χ4v) is 4.48. The zero-order valence-electron chi connectivity index (χ0n) is 16.9. The molecule has 0 bridgehead atoms. The summed E-state index contributed by atoms with van der Waals surface area (Å²) < 4.78 is 0. The number of thioether (sulfide) groups is 1. The van der Waals surface area contributed by atoms with Gasteiger partial charge in [0.15, 0.2) is 5.13 Å². The Bertz CT molecular complexity index is 1240. The zero-order valence-corrected chi connectivity index (χ0v) is 18.6. The summed E-state index contributed by atoms with van der Waals surface area (Å²) in [7, 11) is 0. The average Bonchev–Trinajstić information content (AvgIpc) is 3.22. The average molecular weight is 448 g/mol. The van der Waals surface area contributed by atoms with Crippen LogP contribution in [-0.2, 0) is 9.59 Å². The van der Waals surface area contributed by atoms with E-state index in [9.17, 15) is 9.59 Å². The normalized spacial score (nSPS) is 10.7. The van der Waals surface area contributed by atoms with Gasteiger partial charge < -0.3 is 10.6 Å². The van der Waals surface area contributed by atoms with E-state index in [1.807, 2.05) is 54.8 Å². The van der Waals surface area contributed by atoms with Crippen molar-refractivity contribution in [3.8, 4) is 11.3 Å². The number of nitrogens with zero attached hydrogens (tertiary/aromatic N) is 1. The van der Waals surface area contributed by atoms with E-state index in [1.54, 1.807) is 0 Å². The fourth-order valence-electron chi connectivity index (χ4n) is 3.12. The molecule has 0 spiro atoms. The number of benzene rings is 3. The largest absolute Gasteiger partial charge is 0.325 e. The zero-order chi connectivity index (χ0) is 21.6. The highest BCUT2D eigenvalue weighted by Gasteiger charge is 2.10. The summed E-state index contributed by atoms with van der Waals surface area (Å²) >= 11 is 2.66. The van der Waals surface area contributed by atoms with Crippen LogP contribution in [0.3, 0.4) is 0 Å².